The highest BCUT2D eigenvalue weighted by Gasteiger charge is 2.47. The van der Waals surface area contributed by atoms with Crippen LogP contribution in [0.4, 0.5) is 0 Å². The summed E-state index contributed by atoms with van der Waals surface area (Å²) in [6.07, 6.45) is 3.69. The third kappa shape index (κ3) is 2.76. The molecular weight excluding hydrogens is 200 g/mol. The molecule has 2 unspecified atom stereocenters. The summed E-state index contributed by atoms with van der Waals surface area (Å²) in [5.74, 6) is 2.42. The quantitative estimate of drug-likeness (QED) is 0.767. The molecule has 1 amide bonds. The highest BCUT2D eigenvalue weighted by molar-refractivity contribution is 5.79. The fourth-order valence-electron chi connectivity index (χ4n) is 2.69. The predicted molar refractivity (Wildman–Crippen MR) is 65.1 cm³/mol. The molecule has 3 heteroatoms. The van der Waals surface area contributed by atoms with Crippen molar-refractivity contribution < 1.29 is 4.79 Å². The van der Waals surface area contributed by atoms with Gasteiger partial charge >= 0.3 is 0 Å². The van der Waals surface area contributed by atoms with E-state index in [1.807, 2.05) is 0 Å². The number of hydrogen-bond donors (Lipinski definition) is 1. The highest BCUT2D eigenvalue weighted by atomic mass is 16.1. The second-order valence-corrected chi connectivity index (χ2v) is 5.79. The molecule has 16 heavy (non-hydrogen) atoms. The van der Waals surface area contributed by atoms with Gasteiger partial charge in [-0.25, -0.2) is 0 Å². The molecule has 0 radical (unpaired) electrons. The van der Waals surface area contributed by atoms with Crippen LogP contribution < -0.4 is 5.32 Å². The van der Waals surface area contributed by atoms with Crippen molar-refractivity contribution in [1.29, 1.82) is 0 Å². The van der Waals surface area contributed by atoms with E-state index in [2.05, 4.69) is 31.1 Å². The molecule has 0 heterocycles. The van der Waals surface area contributed by atoms with Crippen molar-refractivity contribution in [2.24, 2.45) is 17.8 Å². The average Bonchev–Trinajstić information content (AvgIpc) is 2.85. The molecular formula is C13H24N2O. The van der Waals surface area contributed by atoms with Gasteiger partial charge < -0.3 is 10.2 Å². The molecule has 2 atom stereocenters. The molecule has 0 aliphatic heterocycles. The van der Waals surface area contributed by atoms with E-state index in [0.29, 0.717) is 17.9 Å². The highest BCUT2D eigenvalue weighted by Crippen LogP contribution is 2.54. The number of likely N-dealkylation sites (N-methyl/N-ethyl adjacent to an activating group) is 1. The Morgan fingerprint density at radius 1 is 1.31 bits per heavy atom. The zero-order chi connectivity index (χ0) is 11.7. The summed E-state index contributed by atoms with van der Waals surface area (Å²) in [7, 11) is 2.10. The minimum Gasteiger partial charge on any atom is -0.355 e. The first-order valence-corrected chi connectivity index (χ1v) is 6.56. The first-order valence-electron chi connectivity index (χ1n) is 6.56. The van der Waals surface area contributed by atoms with Gasteiger partial charge in [0.1, 0.15) is 0 Å². The van der Waals surface area contributed by atoms with Crippen LogP contribution in [0.25, 0.3) is 0 Å². The van der Waals surface area contributed by atoms with Gasteiger partial charge in [-0.05, 0) is 52.0 Å². The SMILES string of the molecule is CC(C)N(C)CCNC(=O)C1CC2CC2C1. The molecule has 0 bridgehead atoms. The zero-order valence-corrected chi connectivity index (χ0v) is 10.7. The van der Waals surface area contributed by atoms with Gasteiger partial charge in [0.25, 0.3) is 0 Å². The van der Waals surface area contributed by atoms with E-state index in [1.165, 1.54) is 6.42 Å². The average molecular weight is 224 g/mol. The summed E-state index contributed by atoms with van der Waals surface area (Å²) >= 11 is 0. The third-order valence-electron chi connectivity index (χ3n) is 4.26. The van der Waals surface area contributed by atoms with E-state index in [0.717, 1.165) is 37.8 Å². The lowest BCUT2D eigenvalue weighted by Gasteiger charge is -2.21. The summed E-state index contributed by atoms with van der Waals surface area (Å²) in [5.41, 5.74) is 0. The normalized spacial score (nSPS) is 31.9. The number of nitrogens with zero attached hydrogens (tertiary/aromatic N) is 1. The van der Waals surface area contributed by atoms with Gasteiger partial charge in [0.2, 0.25) is 5.91 Å². The molecule has 2 aliphatic rings. The maximum absolute atomic E-state index is 11.8. The van der Waals surface area contributed by atoms with Crippen molar-refractivity contribution >= 4 is 5.91 Å². The second-order valence-electron chi connectivity index (χ2n) is 5.79. The molecule has 2 rings (SSSR count). The van der Waals surface area contributed by atoms with Crippen molar-refractivity contribution in [3.8, 4) is 0 Å². The van der Waals surface area contributed by atoms with Crippen LogP contribution in [0.5, 0.6) is 0 Å². The first kappa shape index (κ1) is 11.9. The number of fused-ring (bicyclic) bond motifs is 1. The molecule has 0 aromatic carbocycles. The van der Waals surface area contributed by atoms with Crippen LogP contribution in [0.1, 0.15) is 33.1 Å². The third-order valence-corrected chi connectivity index (χ3v) is 4.26. The molecule has 0 aromatic rings. The number of rotatable bonds is 5. The maximum atomic E-state index is 11.8. The van der Waals surface area contributed by atoms with Crippen LogP contribution in [0.3, 0.4) is 0 Å². The molecule has 92 valence electrons. The number of hydrogen-bond acceptors (Lipinski definition) is 2. The topological polar surface area (TPSA) is 32.3 Å². The molecule has 3 nitrogen and oxygen atoms in total. The predicted octanol–water partition coefficient (Wildman–Crippen LogP) is 1.49. The fourth-order valence-corrected chi connectivity index (χ4v) is 2.69. The monoisotopic (exact) mass is 224 g/mol. The standard InChI is InChI=1S/C13H24N2O/c1-9(2)15(3)5-4-14-13(16)12-7-10-6-11(10)8-12/h9-12H,4-8H2,1-3H3,(H,14,16). The summed E-state index contributed by atoms with van der Waals surface area (Å²) in [5, 5.41) is 3.07. The number of nitrogens with one attached hydrogen (secondary N) is 1. The molecule has 2 aliphatic carbocycles. The summed E-state index contributed by atoms with van der Waals surface area (Å²) in [4.78, 5) is 14.1. The Kier molecular flexibility index (Phi) is 3.53. The van der Waals surface area contributed by atoms with Crippen molar-refractivity contribution in [3.63, 3.8) is 0 Å². The lowest BCUT2D eigenvalue weighted by atomic mass is 10.0. The minimum absolute atomic E-state index is 0.296. The molecule has 0 spiro atoms. The Balaban J connectivity index is 1.61. The van der Waals surface area contributed by atoms with E-state index in [1.54, 1.807) is 0 Å². The van der Waals surface area contributed by atoms with Crippen LogP contribution in [0.2, 0.25) is 0 Å². The van der Waals surface area contributed by atoms with E-state index in [4.69, 9.17) is 0 Å². The van der Waals surface area contributed by atoms with Gasteiger partial charge in [0, 0.05) is 25.0 Å². The Bertz CT molecular complexity index is 255. The number of amides is 1. The maximum Gasteiger partial charge on any atom is 0.223 e. The fraction of sp³-hybridized carbons (Fsp3) is 0.923. The Labute approximate surface area is 98.6 Å². The lowest BCUT2D eigenvalue weighted by molar-refractivity contribution is -0.125. The van der Waals surface area contributed by atoms with Crippen LogP contribution in [-0.2, 0) is 4.79 Å². The van der Waals surface area contributed by atoms with Crippen LogP contribution in [-0.4, -0.2) is 37.0 Å². The zero-order valence-electron chi connectivity index (χ0n) is 10.7. The van der Waals surface area contributed by atoms with E-state index in [9.17, 15) is 4.79 Å². The van der Waals surface area contributed by atoms with Crippen molar-refractivity contribution in [3.05, 3.63) is 0 Å². The Morgan fingerprint density at radius 2 is 1.94 bits per heavy atom. The van der Waals surface area contributed by atoms with E-state index in [-0.39, 0.29) is 0 Å². The summed E-state index contributed by atoms with van der Waals surface area (Å²) in [6, 6.07) is 0.552. The summed E-state index contributed by atoms with van der Waals surface area (Å²) in [6.45, 7) is 6.08. The van der Waals surface area contributed by atoms with Crippen LogP contribution in [0, 0.1) is 17.8 Å². The Hall–Kier alpha value is -0.570. The molecule has 1 N–H and O–H groups in total. The van der Waals surface area contributed by atoms with Gasteiger partial charge in [-0.2, -0.15) is 0 Å². The van der Waals surface area contributed by atoms with Crippen molar-refractivity contribution in [1.82, 2.24) is 10.2 Å². The molecule has 0 saturated heterocycles. The van der Waals surface area contributed by atoms with Gasteiger partial charge in [0.15, 0.2) is 0 Å². The van der Waals surface area contributed by atoms with Crippen LogP contribution >= 0.6 is 0 Å². The van der Waals surface area contributed by atoms with Crippen molar-refractivity contribution in [2.45, 2.75) is 39.2 Å². The first-order chi connectivity index (χ1) is 7.58. The minimum atomic E-state index is 0.296. The van der Waals surface area contributed by atoms with Gasteiger partial charge in [-0.1, -0.05) is 0 Å². The second kappa shape index (κ2) is 4.74. The Morgan fingerprint density at radius 3 is 2.50 bits per heavy atom. The van der Waals surface area contributed by atoms with Gasteiger partial charge in [-0.15, -0.1) is 0 Å². The summed E-state index contributed by atoms with van der Waals surface area (Å²) < 4.78 is 0. The smallest absolute Gasteiger partial charge is 0.223 e. The largest absolute Gasteiger partial charge is 0.355 e. The van der Waals surface area contributed by atoms with Crippen molar-refractivity contribution in [2.75, 3.05) is 20.1 Å². The lowest BCUT2D eigenvalue weighted by Crippen LogP contribution is -2.38. The molecule has 0 aromatic heterocycles. The molecule has 2 fully saturated rings. The van der Waals surface area contributed by atoms with E-state index < -0.39 is 0 Å². The van der Waals surface area contributed by atoms with Crippen LogP contribution in [0.15, 0.2) is 0 Å². The van der Waals surface area contributed by atoms with Gasteiger partial charge in [0.05, 0.1) is 0 Å². The van der Waals surface area contributed by atoms with Gasteiger partial charge in [-0.3, -0.25) is 4.79 Å². The van der Waals surface area contributed by atoms with E-state index >= 15 is 0 Å². The number of carbonyl (C=O) groups is 1. The number of carbonyl (C=O) groups excluding carboxylic acids is 1. The molecule has 2 saturated carbocycles.